The molecule has 3 aromatic carbocycles. The van der Waals surface area contributed by atoms with Gasteiger partial charge in [-0.1, -0.05) is 54.9 Å². The molecule has 0 saturated carbocycles. The van der Waals surface area contributed by atoms with Crippen LogP contribution in [0.15, 0.2) is 60.7 Å². The second kappa shape index (κ2) is 7.36. The number of fused-ring (bicyclic) bond motifs is 1. The van der Waals surface area contributed by atoms with Gasteiger partial charge in [-0.2, -0.15) is 0 Å². The van der Waals surface area contributed by atoms with Crippen molar-refractivity contribution < 1.29 is 9.59 Å². The third-order valence-corrected chi connectivity index (χ3v) is 4.18. The van der Waals surface area contributed by atoms with E-state index in [2.05, 4.69) is 10.6 Å². The summed E-state index contributed by atoms with van der Waals surface area (Å²) < 4.78 is 0. The minimum atomic E-state index is -0.252. The second-order valence-electron chi connectivity index (χ2n) is 5.58. The average molecular weight is 353 g/mol. The topological polar surface area (TPSA) is 58.2 Å². The quantitative estimate of drug-likeness (QED) is 0.686. The van der Waals surface area contributed by atoms with E-state index in [1.807, 2.05) is 36.4 Å². The summed E-state index contributed by atoms with van der Waals surface area (Å²) in [5, 5.41) is 7.85. The number of carbonyl (C=O) groups is 2. The van der Waals surface area contributed by atoms with Crippen molar-refractivity contribution in [3.8, 4) is 0 Å². The molecule has 0 atom stereocenters. The van der Waals surface area contributed by atoms with Crippen LogP contribution >= 0.6 is 11.6 Å². The zero-order valence-electron chi connectivity index (χ0n) is 13.7. The molecule has 0 fully saturated rings. The molecule has 0 spiro atoms. The predicted octanol–water partition coefficient (Wildman–Crippen LogP) is 5.09. The highest BCUT2D eigenvalue weighted by molar-refractivity contribution is 6.34. The summed E-state index contributed by atoms with van der Waals surface area (Å²) in [5.74, 6) is -0.355. The fraction of sp³-hybridized carbons (Fsp3) is 0.100. The molecule has 25 heavy (non-hydrogen) atoms. The maximum atomic E-state index is 12.7. The number of carbonyl (C=O) groups excluding carboxylic acids is 2. The van der Waals surface area contributed by atoms with Crippen LogP contribution in [0.4, 0.5) is 11.4 Å². The molecule has 0 heterocycles. The molecule has 0 bridgehead atoms. The Morgan fingerprint density at radius 3 is 2.52 bits per heavy atom. The molecule has 0 aliphatic carbocycles. The Balaban J connectivity index is 1.90. The number of amides is 2. The van der Waals surface area contributed by atoms with Gasteiger partial charge in [0.25, 0.3) is 5.91 Å². The third-order valence-electron chi connectivity index (χ3n) is 3.85. The highest BCUT2D eigenvalue weighted by atomic mass is 35.5. The third kappa shape index (κ3) is 3.80. The van der Waals surface area contributed by atoms with Gasteiger partial charge in [0.15, 0.2) is 0 Å². The van der Waals surface area contributed by atoms with Crippen molar-refractivity contribution >= 4 is 45.6 Å². The van der Waals surface area contributed by atoms with E-state index >= 15 is 0 Å². The SMILES string of the molecule is CCC(=O)Nc1ccc(Cl)c(NC(=O)c2cccc3ccccc23)c1. The largest absolute Gasteiger partial charge is 0.326 e. The van der Waals surface area contributed by atoms with E-state index in [1.165, 1.54) is 0 Å². The number of hydrogen-bond donors (Lipinski definition) is 2. The molecular formula is C20H17ClN2O2. The molecule has 0 saturated heterocycles. The lowest BCUT2D eigenvalue weighted by atomic mass is 10.0. The monoisotopic (exact) mass is 352 g/mol. The van der Waals surface area contributed by atoms with Gasteiger partial charge in [0.2, 0.25) is 5.91 Å². The fourth-order valence-corrected chi connectivity index (χ4v) is 2.73. The van der Waals surface area contributed by atoms with Crippen molar-refractivity contribution in [2.24, 2.45) is 0 Å². The van der Waals surface area contributed by atoms with Crippen molar-refractivity contribution in [2.45, 2.75) is 13.3 Å². The summed E-state index contributed by atoms with van der Waals surface area (Å²) in [5.41, 5.74) is 1.61. The molecule has 0 unspecified atom stereocenters. The van der Waals surface area contributed by atoms with Crippen molar-refractivity contribution in [3.63, 3.8) is 0 Å². The van der Waals surface area contributed by atoms with Crippen molar-refractivity contribution in [3.05, 3.63) is 71.2 Å². The maximum Gasteiger partial charge on any atom is 0.256 e. The molecule has 2 N–H and O–H groups in total. The first-order valence-corrected chi connectivity index (χ1v) is 8.35. The van der Waals surface area contributed by atoms with E-state index in [9.17, 15) is 9.59 Å². The molecule has 0 aromatic heterocycles. The van der Waals surface area contributed by atoms with E-state index in [1.54, 1.807) is 31.2 Å². The molecule has 2 amide bonds. The Hall–Kier alpha value is -2.85. The van der Waals surface area contributed by atoms with Crippen molar-refractivity contribution in [2.75, 3.05) is 10.6 Å². The average Bonchev–Trinajstić information content (AvgIpc) is 2.63. The van der Waals surface area contributed by atoms with Gasteiger partial charge in [0.05, 0.1) is 10.7 Å². The second-order valence-corrected chi connectivity index (χ2v) is 5.98. The lowest BCUT2D eigenvalue weighted by Crippen LogP contribution is -2.14. The minimum Gasteiger partial charge on any atom is -0.326 e. The Kier molecular flexibility index (Phi) is 5.00. The molecule has 0 aliphatic heterocycles. The van der Waals surface area contributed by atoms with Gasteiger partial charge in [0, 0.05) is 17.7 Å². The summed E-state index contributed by atoms with van der Waals surface area (Å²) in [6.45, 7) is 1.77. The van der Waals surface area contributed by atoms with Crippen LogP contribution in [0.2, 0.25) is 5.02 Å². The maximum absolute atomic E-state index is 12.7. The summed E-state index contributed by atoms with van der Waals surface area (Å²) >= 11 is 6.19. The standard InChI is InChI=1S/C20H17ClN2O2/c1-2-19(24)22-14-10-11-17(21)18(12-14)23-20(25)16-9-5-7-13-6-3-4-8-15(13)16/h3-12H,2H2,1H3,(H,22,24)(H,23,25). The normalized spacial score (nSPS) is 10.5. The van der Waals surface area contributed by atoms with Crippen LogP contribution in [0.3, 0.4) is 0 Å². The Morgan fingerprint density at radius 1 is 0.960 bits per heavy atom. The van der Waals surface area contributed by atoms with Crippen LogP contribution in [0.1, 0.15) is 23.7 Å². The van der Waals surface area contributed by atoms with E-state index in [0.717, 1.165) is 10.8 Å². The van der Waals surface area contributed by atoms with Gasteiger partial charge in [-0.15, -0.1) is 0 Å². The molecule has 4 nitrogen and oxygen atoms in total. The molecule has 3 aromatic rings. The molecule has 0 radical (unpaired) electrons. The van der Waals surface area contributed by atoms with Gasteiger partial charge in [-0.05, 0) is 35.0 Å². The summed E-state index contributed by atoms with van der Waals surface area (Å²) in [6.07, 6.45) is 0.375. The van der Waals surface area contributed by atoms with Crippen LogP contribution in [0.25, 0.3) is 10.8 Å². The van der Waals surface area contributed by atoms with Gasteiger partial charge in [-0.25, -0.2) is 0 Å². The van der Waals surface area contributed by atoms with E-state index in [0.29, 0.717) is 28.4 Å². The first kappa shape index (κ1) is 17.0. The Morgan fingerprint density at radius 2 is 1.72 bits per heavy atom. The number of nitrogens with one attached hydrogen (secondary N) is 2. The fourth-order valence-electron chi connectivity index (χ4n) is 2.56. The van der Waals surface area contributed by atoms with E-state index < -0.39 is 0 Å². The molecule has 3 rings (SSSR count). The number of rotatable bonds is 4. The minimum absolute atomic E-state index is 0.103. The number of benzene rings is 3. The van der Waals surface area contributed by atoms with Crippen molar-refractivity contribution in [1.29, 1.82) is 0 Å². The van der Waals surface area contributed by atoms with Gasteiger partial charge >= 0.3 is 0 Å². The van der Waals surface area contributed by atoms with Crippen LogP contribution in [0, 0.1) is 0 Å². The smallest absolute Gasteiger partial charge is 0.256 e. The van der Waals surface area contributed by atoms with Gasteiger partial charge < -0.3 is 10.6 Å². The van der Waals surface area contributed by atoms with Crippen LogP contribution in [-0.4, -0.2) is 11.8 Å². The van der Waals surface area contributed by atoms with Crippen LogP contribution in [-0.2, 0) is 4.79 Å². The molecular weight excluding hydrogens is 336 g/mol. The predicted molar refractivity (Wildman–Crippen MR) is 102 cm³/mol. The number of anilines is 2. The summed E-state index contributed by atoms with van der Waals surface area (Å²) in [7, 11) is 0. The number of hydrogen-bond acceptors (Lipinski definition) is 2. The zero-order chi connectivity index (χ0) is 17.8. The first-order valence-electron chi connectivity index (χ1n) is 7.97. The molecule has 5 heteroatoms. The molecule has 126 valence electrons. The Bertz CT molecular complexity index is 948. The lowest BCUT2D eigenvalue weighted by Gasteiger charge is -2.11. The first-order chi connectivity index (χ1) is 12.1. The summed E-state index contributed by atoms with van der Waals surface area (Å²) in [6, 6.07) is 18.3. The van der Waals surface area contributed by atoms with Crippen LogP contribution in [0.5, 0.6) is 0 Å². The van der Waals surface area contributed by atoms with E-state index in [-0.39, 0.29) is 11.8 Å². The lowest BCUT2D eigenvalue weighted by molar-refractivity contribution is -0.115. The van der Waals surface area contributed by atoms with Gasteiger partial charge in [-0.3, -0.25) is 9.59 Å². The number of halogens is 1. The van der Waals surface area contributed by atoms with Crippen LogP contribution < -0.4 is 10.6 Å². The zero-order valence-corrected chi connectivity index (χ0v) is 14.4. The Labute approximate surface area is 150 Å². The summed E-state index contributed by atoms with van der Waals surface area (Å²) in [4.78, 5) is 24.2. The highest BCUT2D eigenvalue weighted by Gasteiger charge is 2.12. The van der Waals surface area contributed by atoms with Gasteiger partial charge in [0.1, 0.15) is 0 Å². The van der Waals surface area contributed by atoms with E-state index in [4.69, 9.17) is 11.6 Å². The van der Waals surface area contributed by atoms with Crippen molar-refractivity contribution in [1.82, 2.24) is 0 Å². The highest BCUT2D eigenvalue weighted by Crippen LogP contribution is 2.27. The molecule has 0 aliphatic rings.